The number of ketones is 1. The van der Waals surface area contributed by atoms with Gasteiger partial charge in [-0.1, -0.05) is 19.1 Å². The summed E-state index contributed by atoms with van der Waals surface area (Å²) in [4.78, 5) is 31.3. The van der Waals surface area contributed by atoms with Gasteiger partial charge in [-0.05, 0) is 48.2 Å². The normalized spacial score (nSPS) is 18.5. The number of Topliss-reactive ketones (excluding diaryl/α,β-unsaturated/α-hetero) is 1. The molecule has 1 amide bonds. The van der Waals surface area contributed by atoms with E-state index < -0.39 is 0 Å². The number of benzene rings is 1. The third kappa shape index (κ3) is 2.65. The van der Waals surface area contributed by atoms with E-state index in [2.05, 4.69) is 34.3 Å². The van der Waals surface area contributed by atoms with Gasteiger partial charge in [0.2, 0.25) is 6.41 Å². The van der Waals surface area contributed by atoms with Crippen LogP contribution in [0.25, 0.3) is 10.9 Å². The summed E-state index contributed by atoms with van der Waals surface area (Å²) in [6.45, 7) is 3.72. The van der Waals surface area contributed by atoms with E-state index in [9.17, 15) is 9.59 Å². The van der Waals surface area contributed by atoms with Crippen LogP contribution in [0.5, 0.6) is 0 Å². The predicted molar refractivity (Wildman–Crippen MR) is 100 cm³/mol. The van der Waals surface area contributed by atoms with Gasteiger partial charge >= 0.3 is 0 Å². The lowest BCUT2D eigenvalue weighted by atomic mass is 9.80. The Hall–Kier alpha value is -3.08. The molecule has 1 aromatic carbocycles. The van der Waals surface area contributed by atoms with Gasteiger partial charge in [0.1, 0.15) is 11.5 Å². The van der Waals surface area contributed by atoms with Crippen LogP contribution < -0.4 is 5.32 Å². The third-order valence-corrected chi connectivity index (χ3v) is 5.19. The first kappa shape index (κ1) is 16.4. The fourth-order valence-corrected chi connectivity index (χ4v) is 3.94. The molecular formula is C21H19N3O2. The molecule has 0 saturated carbocycles. The van der Waals surface area contributed by atoms with Crippen LogP contribution in [0.15, 0.2) is 42.6 Å². The second-order valence-electron chi connectivity index (χ2n) is 7.14. The van der Waals surface area contributed by atoms with E-state index in [1.165, 1.54) is 18.1 Å². The summed E-state index contributed by atoms with van der Waals surface area (Å²) in [7, 11) is 0. The van der Waals surface area contributed by atoms with Crippen molar-refractivity contribution in [2.24, 2.45) is 0 Å². The minimum Gasteiger partial charge on any atom is -0.313 e. The average Bonchev–Trinajstić information content (AvgIpc) is 2.95. The maximum absolute atomic E-state index is 11.6. The molecule has 1 aliphatic carbocycles. The fourth-order valence-electron chi connectivity index (χ4n) is 3.94. The summed E-state index contributed by atoms with van der Waals surface area (Å²) < 4.78 is 0. The number of hydrogen-bond donors (Lipinski definition) is 1. The zero-order chi connectivity index (χ0) is 18.3. The van der Waals surface area contributed by atoms with Crippen LogP contribution in [0.3, 0.4) is 0 Å². The second kappa shape index (κ2) is 6.02. The Morgan fingerprint density at radius 3 is 2.69 bits per heavy atom. The molecule has 5 heteroatoms. The summed E-state index contributed by atoms with van der Waals surface area (Å²) >= 11 is 0. The summed E-state index contributed by atoms with van der Waals surface area (Å²) in [5.74, 6) is 0.580. The van der Waals surface area contributed by atoms with Crippen molar-refractivity contribution >= 4 is 28.9 Å². The van der Waals surface area contributed by atoms with Gasteiger partial charge in [-0.25, -0.2) is 9.97 Å². The van der Waals surface area contributed by atoms with Crippen molar-refractivity contribution in [1.82, 2.24) is 9.97 Å². The molecule has 5 nitrogen and oxygen atoms in total. The molecule has 1 atom stereocenters. The molecule has 2 aromatic heterocycles. The van der Waals surface area contributed by atoms with Gasteiger partial charge in [-0.15, -0.1) is 0 Å². The topological polar surface area (TPSA) is 72.0 Å². The van der Waals surface area contributed by atoms with Crippen molar-refractivity contribution in [3.05, 3.63) is 65.0 Å². The molecule has 3 aromatic rings. The van der Waals surface area contributed by atoms with Crippen LogP contribution in [-0.2, 0) is 23.1 Å². The second-order valence-corrected chi connectivity index (χ2v) is 7.14. The number of carbonyl (C=O) groups excluding carboxylic acids is 2. The number of aromatic nitrogens is 2. The van der Waals surface area contributed by atoms with Gasteiger partial charge in [0.15, 0.2) is 5.78 Å². The zero-order valence-electron chi connectivity index (χ0n) is 14.7. The number of nitrogens with one attached hydrogen (secondary N) is 1. The Labute approximate surface area is 151 Å². The van der Waals surface area contributed by atoms with E-state index in [-0.39, 0.29) is 11.2 Å². The number of fused-ring (bicyclic) bond motifs is 2. The molecule has 4 rings (SSSR count). The highest BCUT2D eigenvalue weighted by molar-refractivity contribution is 5.95. The van der Waals surface area contributed by atoms with Crippen LogP contribution in [-0.4, -0.2) is 22.2 Å². The monoisotopic (exact) mass is 345 g/mol. The number of hydrogen-bond acceptors (Lipinski definition) is 4. The highest BCUT2D eigenvalue weighted by Gasteiger charge is 2.36. The number of amides is 1. The Morgan fingerprint density at radius 1 is 1.19 bits per heavy atom. The van der Waals surface area contributed by atoms with Crippen LogP contribution >= 0.6 is 0 Å². The quantitative estimate of drug-likeness (QED) is 0.581. The molecule has 1 N–H and O–H groups in total. The first-order chi connectivity index (χ1) is 12.5. The lowest BCUT2D eigenvalue weighted by molar-refractivity contribution is -0.105. The Bertz CT molecular complexity index is 1040. The summed E-state index contributed by atoms with van der Waals surface area (Å²) in [6.07, 6.45) is 4.05. The highest BCUT2D eigenvalue weighted by atomic mass is 16.1. The highest BCUT2D eigenvalue weighted by Crippen LogP contribution is 2.42. The van der Waals surface area contributed by atoms with Gasteiger partial charge in [0, 0.05) is 29.5 Å². The van der Waals surface area contributed by atoms with Gasteiger partial charge in [-0.3, -0.25) is 9.59 Å². The van der Waals surface area contributed by atoms with Crippen LogP contribution in [0.2, 0.25) is 0 Å². The number of rotatable bonds is 4. The van der Waals surface area contributed by atoms with Gasteiger partial charge in [-0.2, -0.15) is 0 Å². The Kier molecular flexibility index (Phi) is 3.80. The molecule has 0 aliphatic heterocycles. The molecule has 0 saturated heterocycles. The average molecular weight is 345 g/mol. The van der Waals surface area contributed by atoms with Crippen molar-refractivity contribution < 1.29 is 9.59 Å². The lowest BCUT2D eigenvalue weighted by Gasteiger charge is -2.25. The summed E-state index contributed by atoms with van der Waals surface area (Å²) in [5.41, 5.74) is 4.72. The molecule has 130 valence electrons. The maximum Gasteiger partial charge on any atom is 0.212 e. The third-order valence-electron chi connectivity index (χ3n) is 5.19. The van der Waals surface area contributed by atoms with Crippen LogP contribution in [0.1, 0.15) is 41.0 Å². The van der Waals surface area contributed by atoms with E-state index in [1.54, 1.807) is 12.3 Å². The van der Waals surface area contributed by atoms with Crippen LogP contribution in [0, 0.1) is 0 Å². The predicted octanol–water partition coefficient (Wildman–Crippen LogP) is 3.46. The number of carbonyl (C=O) groups is 2. The SMILES string of the molecule is CC(=O)c1ccc2cc3c(cc2n1)CC(C)(c1cccnc1NC=O)C3. The van der Waals surface area contributed by atoms with Crippen molar-refractivity contribution in [2.75, 3.05) is 5.32 Å². The summed E-state index contributed by atoms with van der Waals surface area (Å²) in [6, 6.07) is 11.9. The molecule has 0 bridgehead atoms. The molecule has 26 heavy (non-hydrogen) atoms. The van der Waals surface area contributed by atoms with Gasteiger partial charge in [0.05, 0.1) is 5.52 Å². The molecule has 1 unspecified atom stereocenters. The molecule has 0 radical (unpaired) electrons. The summed E-state index contributed by atoms with van der Waals surface area (Å²) in [5, 5.41) is 3.75. The number of anilines is 1. The van der Waals surface area contributed by atoms with E-state index >= 15 is 0 Å². The Balaban J connectivity index is 1.78. The van der Waals surface area contributed by atoms with Crippen molar-refractivity contribution in [3.8, 4) is 0 Å². The van der Waals surface area contributed by atoms with Crippen molar-refractivity contribution in [1.29, 1.82) is 0 Å². The number of nitrogens with zero attached hydrogens (tertiary/aromatic N) is 2. The minimum atomic E-state index is -0.150. The van der Waals surface area contributed by atoms with E-state index in [0.29, 0.717) is 17.9 Å². The van der Waals surface area contributed by atoms with E-state index in [1.807, 2.05) is 18.2 Å². The zero-order valence-corrected chi connectivity index (χ0v) is 14.7. The molecule has 0 fully saturated rings. The first-order valence-corrected chi connectivity index (χ1v) is 8.59. The van der Waals surface area contributed by atoms with Gasteiger partial charge < -0.3 is 5.32 Å². The van der Waals surface area contributed by atoms with Crippen molar-refractivity contribution in [2.45, 2.75) is 32.1 Å². The first-order valence-electron chi connectivity index (χ1n) is 8.59. The Morgan fingerprint density at radius 2 is 1.96 bits per heavy atom. The molecule has 1 aliphatic rings. The van der Waals surface area contributed by atoms with Crippen molar-refractivity contribution in [3.63, 3.8) is 0 Å². The number of pyridine rings is 2. The molecule has 0 spiro atoms. The molecular weight excluding hydrogens is 326 g/mol. The minimum absolute atomic E-state index is 0.0304. The van der Waals surface area contributed by atoms with Crippen LogP contribution in [0.4, 0.5) is 5.82 Å². The molecule has 2 heterocycles. The fraction of sp³-hybridized carbons (Fsp3) is 0.238. The standard InChI is InChI=1S/C21H19N3O2/c1-13(26)18-6-5-14-8-15-10-21(2,11-16(15)9-19(14)24-18)17-4-3-7-22-20(17)23-12-25/h3-9,12H,10-11H2,1-2H3,(H,22,23,25). The maximum atomic E-state index is 11.6. The lowest BCUT2D eigenvalue weighted by Crippen LogP contribution is -2.24. The van der Waals surface area contributed by atoms with E-state index in [4.69, 9.17) is 0 Å². The van der Waals surface area contributed by atoms with E-state index in [0.717, 1.165) is 29.3 Å². The largest absolute Gasteiger partial charge is 0.313 e. The smallest absolute Gasteiger partial charge is 0.212 e. The van der Waals surface area contributed by atoms with Gasteiger partial charge in [0.25, 0.3) is 0 Å².